The number of nitrogens with zero attached hydrogens (tertiary/aromatic N) is 2. The minimum absolute atomic E-state index is 0.371. The largest absolute Gasteiger partial charge is 0.387 e. The second-order valence-electron chi connectivity index (χ2n) is 6.82. The van der Waals surface area contributed by atoms with Gasteiger partial charge in [-0.15, -0.1) is 0 Å². The average molecular weight is 288 g/mol. The number of aliphatic hydroxyl groups is 1. The Hall–Kier alpha value is -0.900. The van der Waals surface area contributed by atoms with Gasteiger partial charge in [0.05, 0.1) is 6.10 Å². The van der Waals surface area contributed by atoms with Crippen LogP contribution in [0, 0.1) is 6.92 Å². The van der Waals surface area contributed by atoms with Crippen molar-refractivity contribution in [2.45, 2.75) is 51.3 Å². The highest BCUT2D eigenvalue weighted by atomic mass is 16.3. The smallest absolute Gasteiger partial charge is 0.0919 e. The van der Waals surface area contributed by atoms with Crippen molar-refractivity contribution < 1.29 is 5.11 Å². The molecule has 1 aromatic carbocycles. The van der Waals surface area contributed by atoms with E-state index in [4.69, 9.17) is 0 Å². The third kappa shape index (κ3) is 3.31. The third-order valence-electron chi connectivity index (χ3n) is 5.27. The lowest BCUT2D eigenvalue weighted by Gasteiger charge is -2.48. The molecule has 116 valence electrons. The van der Waals surface area contributed by atoms with Gasteiger partial charge in [0.2, 0.25) is 0 Å². The van der Waals surface area contributed by atoms with E-state index >= 15 is 0 Å². The molecule has 3 nitrogen and oxygen atoms in total. The maximum Gasteiger partial charge on any atom is 0.0919 e. The molecule has 3 unspecified atom stereocenters. The van der Waals surface area contributed by atoms with Crippen LogP contribution < -0.4 is 0 Å². The van der Waals surface area contributed by atoms with Gasteiger partial charge in [0, 0.05) is 31.7 Å². The zero-order chi connectivity index (χ0) is 14.8. The summed E-state index contributed by atoms with van der Waals surface area (Å²) < 4.78 is 0. The first kappa shape index (κ1) is 15.0. The van der Waals surface area contributed by atoms with Gasteiger partial charge in [-0.25, -0.2) is 0 Å². The van der Waals surface area contributed by atoms with Crippen molar-refractivity contribution in [2.75, 3.05) is 26.2 Å². The molecule has 3 rings (SSSR count). The van der Waals surface area contributed by atoms with E-state index in [2.05, 4.69) is 35.8 Å². The first-order valence-electron chi connectivity index (χ1n) is 8.37. The van der Waals surface area contributed by atoms with E-state index in [0.717, 1.165) is 25.2 Å². The highest BCUT2D eigenvalue weighted by Crippen LogP contribution is 2.26. The normalized spacial score (nSPS) is 29.1. The Morgan fingerprint density at radius 2 is 2.05 bits per heavy atom. The van der Waals surface area contributed by atoms with Crippen molar-refractivity contribution in [1.82, 2.24) is 9.80 Å². The van der Waals surface area contributed by atoms with Crippen LogP contribution in [-0.2, 0) is 0 Å². The van der Waals surface area contributed by atoms with Crippen LogP contribution in [0.25, 0.3) is 0 Å². The van der Waals surface area contributed by atoms with Crippen LogP contribution in [0.4, 0.5) is 0 Å². The number of aryl methyl sites for hydroxylation is 1. The van der Waals surface area contributed by atoms with Crippen LogP contribution in [0.1, 0.15) is 43.4 Å². The second kappa shape index (κ2) is 6.47. The highest BCUT2D eigenvalue weighted by Gasteiger charge is 2.33. The van der Waals surface area contributed by atoms with Crippen LogP contribution in [0.15, 0.2) is 24.3 Å². The maximum absolute atomic E-state index is 10.6. The standard InChI is InChI=1S/C18H28N2O/c1-14-7-3-4-9-17(14)18(21)13-20-12-16-8-5-6-10-19(16)11-15(20)2/h3-4,7,9,15-16,18,21H,5-6,8,10-13H2,1-2H3. The first-order chi connectivity index (χ1) is 10.1. The molecule has 2 aliphatic rings. The molecule has 0 amide bonds. The fourth-order valence-electron chi connectivity index (χ4n) is 3.95. The van der Waals surface area contributed by atoms with Crippen molar-refractivity contribution in [1.29, 1.82) is 0 Å². The molecule has 0 radical (unpaired) electrons. The molecule has 2 saturated heterocycles. The Balaban J connectivity index is 1.65. The zero-order valence-electron chi connectivity index (χ0n) is 13.3. The molecule has 0 aromatic heterocycles. The summed E-state index contributed by atoms with van der Waals surface area (Å²) in [7, 11) is 0. The molecule has 21 heavy (non-hydrogen) atoms. The predicted octanol–water partition coefficient (Wildman–Crippen LogP) is 2.59. The van der Waals surface area contributed by atoms with Crippen LogP contribution in [-0.4, -0.2) is 53.2 Å². The Morgan fingerprint density at radius 1 is 1.24 bits per heavy atom. The summed E-state index contributed by atoms with van der Waals surface area (Å²) >= 11 is 0. The zero-order valence-corrected chi connectivity index (χ0v) is 13.3. The minimum Gasteiger partial charge on any atom is -0.387 e. The van der Waals surface area contributed by atoms with Gasteiger partial charge in [0.25, 0.3) is 0 Å². The number of β-amino-alcohol motifs (C(OH)–C–C–N with tert-alkyl or cyclic N) is 1. The fourth-order valence-corrected chi connectivity index (χ4v) is 3.95. The van der Waals surface area contributed by atoms with E-state index in [0.29, 0.717) is 12.1 Å². The number of benzene rings is 1. The molecule has 0 spiro atoms. The van der Waals surface area contributed by atoms with E-state index in [1.54, 1.807) is 0 Å². The highest BCUT2D eigenvalue weighted by molar-refractivity contribution is 5.27. The van der Waals surface area contributed by atoms with Crippen molar-refractivity contribution in [2.24, 2.45) is 0 Å². The maximum atomic E-state index is 10.6. The number of piperazine rings is 1. The number of hydrogen-bond acceptors (Lipinski definition) is 3. The van der Waals surface area contributed by atoms with Gasteiger partial charge in [-0.3, -0.25) is 9.80 Å². The average Bonchev–Trinajstić information content (AvgIpc) is 2.48. The molecule has 3 atom stereocenters. The summed E-state index contributed by atoms with van der Waals surface area (Å²) in [5.41, 5.74) is 2.27. The van der Waals surface area contributed by atoms with Crippen LogP contribution in [0.5, 0.6) is 0 Å². The topological polar surface area (TPSA) is 26.7 Å². The third-order valence-corrected chi connectivity index (χ3v) is 5.27. The predicted molar refractivity (Wildman–Crippen MR) is 86.4 cm³/mol. The van der Waals surface area contributed by atoms with Gasteiger partial charge in [0.15, 0.2) is 0 Å². The number of hydrogen-bond donors (Lipinski definition) is 1. The van der Waals surface area contributed by atoms with E-state index in [1.807, 2.05) is 12.1 Å². The lowest BCUT2D eigenvalue weighted by molar-refractivity contribution is -0.00764. The van der Waals surface area contributed by atoms with Crippen LogP contribution in [0.3, 0.4) is 0 Å². The van der Waals surface area contributed by atoms with Gasteiger partial charge >= 0.3 is 0 Å². The fraction of sp³-hybridized carbons (Fsp3) is 0.667. The summed E-state index contributed by atoms with van der Waals surface area (Å²) in [6, 6.07) is 9.45. The van der Waals surface area contributed by atoms with Gasteiger partial charge in [-0.1, -0.05) is 30.7 Å². The van der Waals surface area contributed by atoms with Crippen LogP contribution in [0.2, 0.25) is 0 Å². The monoisotopic (exact) mass is 288 g/mol. The first-order valence-corrected chi connectivity index (χ1v) is 8.37. The summed E-state index contributed by atoms with van der Waals surface area (Å²) in [6.07, 6.45) is 3.67. The SMILES string of the molecule is Cc1ccccc1C(O)CN1CC2CCCCN2CC1C. The van der Waals surface area contributed by atoms with Gasteiger partial charge in [-0.05, 0) is 44.4 Å². The minimum atomic E-state index is -0.371. The molecular weight excluding hydrogens is 260 g/mol. The molecular formula is C18H28N2O. The number of aliphatic hydroxyl groups excluding tert-OH is 1. The molecule has 0 bridgehead atoms. The second-order valence-corrected chi connectivity index (χ2v) is 6.82. The summed E-state index contributed by atoms with van der Waals surface area (Å²) in [4.78, 5) is 5.15. The Kier molecular flexibility index (Phi) is 4.63. The Bertz CT molecular complexity index is 476. The quantitative estimate of drug-likeness (QED) is 0.926. The molecule has 2 heterocycles. The molecule has 0 saturated carbocycles. The lowest BCUT2D eigenvalue weighted by atomic mass is 9.96. The van der Waals surface area contributed by atoms with E-state index < -0.39 is 0 Å². The lowest BCUT2D eigenvalue weighted by Crippen LogP contribution is -2.59. The van der Waals surface area contributed by atoms with Crippen molar-refractivity contribution >= 4 is 0 Å². The van der Waals surface area contributed by atoms with Gasteiger partial charge < -0.3 is 5.11 Å². The van der Waals surface area contributed by atoms with Crippen molar-refractivity contribution in [3.63, 3.8) is 0 Å². The molecule has 0 aliphatic carbocycles. The van der Waals surface area contributed by atoms with Gasteiger partial charge in [0.1, 0.15) is 0 Å². The van der Waals surface area contributed by atoms with Crippen molar-refractivity contribution in [3.05, 3.63) is 35.4 Å². The van der Waals surface area contributed by atoms with E-state index in [-0.39, 0.29) is 6.10 Å². The molecule has 3 heteroatoms. The summed E-state index contributed by atoms with van der Waals surface area (Å²) in [5.74, 6) is 0. The van der Waals surface area contributed by atoms with E-state index in [9.17, 15) is 5.11 Å². The molecule has 2 fully saturated rings. The summed E-state index contributed by atoms with van der Waals surface area (Å²) in [6.45, 7) is 8.69. The number of rotatable bonds is 3. The Labute approximate surface area is 128 Å². The van der Waals surface area contributed by atoms with Crippen LogP contribution >= 0.6 is 0 Å². The molecule has 1 aromatic rings. The van der Waals surface area contributed by atoms with E-state index in [1.165, 1.54) is 31.4 Å². The number of piperidine rings is 1. The number of fused-ring (bicyclic) bond motifs is 1. The molecule has 1 N–H and O–H groups in total. The Morgan fingerprint density at radius 3 is 2.86 bits per heavy atom. The van der Waals surface area contributed by atoms with Gasteiger partial charge in [-0.2, -0.15) is 0 Å². The summed E-state index contributed by atoms with van der Waals surface area (Å²) in [5, 5.41) is 10.6. The van der Waals surface area contributed by atoms with Crippen molar-refractivity contribution in [3.8, 4) is 0 Å². The molecule has 2 aliphatic heterocycles.